The van der Waals surface area contributed by atoms with Crippen LogP contribution in [0.3, 0.4) is 0 Å². The van der Waals surface area contributed by atoms with Crippen LogP contribution in [0.2, 0.25) is 0 Å². The van der Waals surface area contributed by atoms with E-state index in [1.165, 1.54) is 6.92 Å². The van der Waals surface area contributed by atoms with Crippen LogP contribution in [-0.2, 0) is 23.9 Å². The molecule has 4 aliphatic rings. The van der Waals surface area contributed by atoms with Gasteiger partial charge in [-0.3, -0.25) is 14.4 Å². The van der Waals surface area contributed by atoms with Crippen LogP contribution >= 0.6 is 0 Å². The Morgan fingerprint density at radius 2 is 1.90 bits per heavy atom. The minimum atomic E-state index is -1.30. The molecule has 4 amide bonds. The second kappa shape index (κ2) is 7.53. The summed E-state index contributed by atoms with van der Waals surface area (Å²) in [6.45, 7) is 0.574. The van der Waals surface area contributed by atoms with Crippen LogP contribution in [0, 0.1) is 17.8 Å². The lowest BCUT2D eigenvalue weighted by Gasteiger charge is -2.47. The zero-order valence-electron chi connectivity index (χ0n) is 16.7. The van der Waals surface area contributed by atoms with E-state index in [1.54, 1.807) is 30.3 Å². The van der Waals surface area contributed by atoms with Crippen molar-refractivity contribution in [3.63, 3.8) is 0 Å². The third-order valence-electron chi connectivity index (χ3n) is 6.01. The van der Waals surface area contributed by atoms with Gasteiger partial charge in [0.2, 0.25) is 17.7 Å². The quantitative estimate of drug-likeness (QED) is 0.475. The standard InChI is InChI=1S/C21H21N3O7/c1-11(25)22-13-2-4-14(5-3-13)24-18(28)16-12-6-8-21(9-7-12,17(16)19(24)29)23-20(30)31-10-15(26)27/h2-6,8,12,16-17H,7,9-10H2,1H3,(H,22,25)(H,23,30)(H,26,27)/t12-,16+,17-,21-/m1/s1. The maximum atomic E-state index is 13.4. The van der Waals surface area contributed by atoms with Crippen molar-refractivity contribution in [3.05, 3.63) is 36.4 Å². The van der Waals surface area contributed by atoms with Crippen molar-refractivity contribution >= 4 is 41.2 Å². The second-order valence-electron chi connectivity index (χ2n) is 7.94. The maximum Gasteiger partial charge on any atom is 0.408 e. The van der Waals surface area contributed by atoms with E-state index in [4.69, 9.17) is 5.11 Å². The van der Waals surface area contributed by atoms with Gasteiger partial charge in [-0.1, -0.05) is 12.2 Å². The zero-order valence-corrected chi connectivity index (χ0v) is 16.7. The second-order valence-corrected chi connectivity index (χ2v) is 7.94. The number of carboxylic acid groups (broad SMARTS) is 1. The minimum absolute atomic E-state index is 0.121. The van der Waals surface area contributed by atoms with Gasteiger partial charge in [0.25, 0.3) is 0 Å². The molecule has 0 unspecified atom stereocenters. The fourth-order valence-corrected chi connectivity index (χ4v) is 4.79. The molecule has 3 N–H and O–H groups in total. The molecular formula is C21H21N3O7. The third-order valence-corrected chi connectivity index (χ3v) is 6.01. The van der Waals surface area contributed by atoms with E-state index >= 15 is 0 Å². The number of fused-ring (bicyclic) bond motifs is 1. The summed E-state index contributed by atoms with van der Waals surface area (Å²) in [5.41, 5.74) is -0.206. The number of ether oxygens (including phenoxy) is 1. The first-order valence-corrected chi connectivity index (χ1v) is 9.83. The minimum Gasteiger partial charge on any atom is -0.479 e. The van der Waals surface area contributed by atoms with Crippen molar-refractivity contribution in [1.82, 2.24) is 5.32 Å². The normalized spacial score (nSPS) is 28.3. The number of allylic oxidation sites excluding steroid dienone is 1. The number of aliphatic carboxylic acids is 1. The fraction of sp³-hybridized carbons (Fsp3) is 0.381. The van der Waals surface area contributed by atoms with E-state index in [1.807, 2.05) is 6.08 Å². The van der Waals surface area contributed by atoms with Gasteiger partial charge in [0, 0.05) is 12.6 Å². The summed E-state index contributed by atoms with van der Waals surface area (Å²) in [6, 6.07) is 6.36. The molecule has 1 aliphatic heterocycles. The molecule has 1 saturated carbocycles. The number of alkyl carbamates (subject to hydrolysis) is 1. The number of rotatable bonds is 5. The Morgan fingerprint density at radius 3 is 2.48 bits per heavy atom. The summed E-state index contributed by atoms with van der Waals surface area (Å²) in [7, 11) is 0. The lowest BCUT2D eigenvalue weighted by atomic mass is 9.59. The van der Waals surface area contributed by atoms with Gasteiger partial charge in [0.05, 0.1) is 23.1 Å². The molecule has 1 saturated heterocycles. The average molecular weight is 427 g/mol. The Labute approximate surface area is 177 Å². The number of carbonyl (C=O) groups is 5. The van der Waals surface area contributed by atoms with Gasteiger partial charge >= 0.3 is 12.1 Å². The van der Waals surface area contributed by atoms with Gasteiger partial charge in [-0.25, -0.2) is 14.5 Å². The SMILES string of the molecule is CC(=O)Nc1ccc(N2C(=O)[C@H]3[C@@H]4C=C[C@@](NC(=O)OCC(=O)O)(CC4)[C@H]3C2=O)cc1. The van der Waals surface area contributed by atoms with Gasteiger partial charge < -0.3 is 20.5 Å². The smallest absolute Gasteiger partial charge is 0.408 e. The predicted molar refractivity (Wildman–Crippen MR) is 107 cm³/mol. The first-order valence-electron chi connectivity index (χ1n) is 9.83. The lowest BCUT2D eigenvalue weighted by Crippen LogP contribution is -2.61. The Morgan fingerprint density at radius 1 is 1.19 bits per heavy atom. The molecule has 0 aromatic heterocycles. The van der Waals surface area contributed by atoms with Crippen LogP contribution in [0.25, 0.3) is 0 Å². The van der Waals surface area contributed by atoms with Gasteiger partial charge in [-0.05, 0) is 43.0 Å². The molecule has 2 bridgehead atoms. The maximum absolute atomic E-state index is 13.4. The number of hydrogen-bond acceptors (Lipinski definition) is 6. The largest absolute Gasteiger partial charge is 0.479 e. The molecule has 5 rings (SSSR count). The Balaban J connectivity index is 1.60. The molecule has 31 heavy (non-hydrogen) atoms. The molecule has 2 fully saturated rings. The fourth-order valence-electron chi connectivity index (χ4n) is 4.79. The molecule has 162 valence electrons. The lowest BCUT2D eigenvalue weighted by molar-refractivity contribution is -0.140. The van der Waals surface area contributed by atoms with Gasteiger partial charge in [-0.15, -0.1) is 0 Å². The number of carboxylic acids is 1. The number of imide groups is 1. The summed E-state index contributed by atoms with van der Waals surface area (Å²) in [6.07, 6.45) is 3.64. The predicted octanol–water partition coefficient (Wildman–Crippen LogP) is 1.28. The van der Waals surface area contributed by atoms with Crippen LogP contribution in [-0.4, -0.2) is 47.0 Å². The highest BCUT2D eigenvalue weighted by Gasteiger charge is 2.63. The molecule has 0 radical (unpaired) electrons. The van der Waals surface area contributed by atoms with Crippen molar-refractivity contribution in [2.75, 3.05) is 16.8 Å². The molecule has 3 aliphatic carbocycles. The first-order chi connectivity index (χ1) is 14.7. The number of benzene rings is 1. The summed E-state index contributed by atoms with van der Waals surface area (Å²) < 4.78 is 4.69. The third kappa shape index (κ3) is 3.54. The topological polar surface area (TPSA) is 142 Å². The van der Waals surface area contributed by atoms with E-state index in [0.29, 0.717) is 24.2 Å². The van der Waals surface area contributed by atoms with Gasteiger partial charge in [-0.2, -0.15) is 0 Å². The van der Waals surface area contributed by atoms with E-state index in [2.05, 4.69) is 15.4 Å². The number of hydrogen-bond donors (Lipinski definition) is 3. The van der Waals surface area contributed by atoms with E-state index < -0.39 is 42.0 Å². The van der Waals surface area contributed by atoms with Gasteiger partial charge in [0.1, 0.15) is 0 Å². The molecule has 1 heterocycles. The van der Waals surface area contributed by atoms with Crippen molar-refractivity contribution in [3.8, 4) is 0 Å². The molecule has 10 heteroatoms. The van der Waals surface area contributed by atoms with Crippen molar-refractivity contribution in [2.24, 2.45) is 17.8 Å². The molecule has 0 spiro atoms. The van der Waals surface area contributed by atoms with E-state index in [0.717, 1.165) is 4.90 Å². The average Bonchev–Trinajstić information content (AvgIpc) is 3.00. The molecule has 1 aromatic carbocycles. The van der Waals surface area contributed by atoms with Crippen molar-refractivity contribution in [2.45, 2.75) is 25.3 Å². The van der Waals surface area contributed by atoms with Crippen LogP contribution in [0.15, 0.2) is 36.4 Å². The summed E-state index contributed by atoms with van der Waals surface area (Å²) in [4.78, 5) is 61.8. The molecule has 10 nitrogen and oxygen atoms in total. The summed E-state index contributed by atoms with van der Waals surface area (Å²) >= 11 is 0. The van der Waals surface area contributed by atoms with Gasteiger partial charge in [0.15, 0.2) is 6.61 Å². The van der Waals surface area contributed by atoms with Crippen LogP contribution < -0.4 is 15.5 Å². The van der Waals surface area contributed by atoms with E-state index in [9.17, 15) is 24.0 Å². The highest BCUT2D eigenvalue weighted by Crippen LogP contribution is 2.52. The highest BCUT2D eigenvalue weighted by atomic mass is 16.6. The monoisotopic (exact) mass is 427 g/mol. The van der Waals surface area contributed by atoms with E-state index in [-0.39, 0.29) is 17.7 Å². The Bertz CT molecular complexity index is 1000. The number of amides is 4. The van der Waals surface area contributed by atoms with Crippen LogP contribution in [0.1, 0.15) is 19.8 Å². The number of nitrogens with one attached hydrogen (secondary N) is 2. The number of anilines is 2. The molecule has 1 aromatic rings. The zero-order chi connectivity index (χ0) is 22.3. The Hall–Kier alpha value is -3.69. The van der Waals surface area contributed by atoms with Crippen LogP contribution in [0.4, 0.5) is 16.2 Å². The summed E-state index contributed by atoms with van der Waals surface area (Å²) in [5, 5.41) is 14.0. The number of carbonyl (C=O) groups excluding carboxylic acids is 4. The highest BCUT2D eigenvalue weighted by molar-refractivity contribution is 6.23. The first kappa shape index (κ1) is 20.6. The number of nitrogens with zero attached hydrogens (tertiary/aromatic N) is 1. The molecule has 4 atom stereocenters. The Kier molecular flexibility index (Phi) is 5.00. The van der Waals surface area contributed by atoms with Crippen molar-refractivity contribution in [1.29, 1.82) is 0 Å². The molecular weight excluding hydrogens is 406 g/mol. The van der Waals surface area contributed by atoms with Crippen LogP contribution in [0.5, 0.6) is 0 Å². The van der Waals surface area contributed by atoms with Crippen molar-refractivity contribution < 1.29 is 33.8 Å². The summed E-state index contributed by atoms with van der Waals surface area (Å²) in [5.74, 6) is -3.87.